The van der Waals surface area contributed by atoms with Crippen molar-refractivity contribution in [2.24, 2.45) is 0 Å². The quantitative estimate of drug-likeness (QED) is 0.155. The Balaban J connectivity index is 0.000000265. The van der Waals surface area contributed by atoms with E-state index in [0.717, 1.165) is 35.9 Å². The summed E-state index contributed by atoms with van der Waals surface area (Å²) in [5, 5.41) is 31.5. The summed E-state index contributed by atoms with van der Waals surface area (Å²) in [6, 6.07) is 14.2. The van der Waals surface area contributed by atoms with Crippen molar-refractivity contribution >= 4 is 78.4 Å². The summed E-state index contributed by atoms with van der Waals surface area (Å²) in [6.07, 6.45) is -8.32. The topological polar surface area (TPSA) is 152 Å². The zero-order valence-electron chi connectivity index (χ0n) is 23.9. The van der Waals surface area contributed by atoms with Crippen LogP contribution in [0.25, 0.3) is 33.6 Å². The van der Waals surface area contributed by atoms with E-state index >= 15 is 0 Å². The Morgan fingerprint density at radius 3 is 1.83 bits per heavy atom. The molecule has 0 aliphatic heterocycles. The van der Waals surface area contributed by atoms with Crippen LogP contribution in [0, 0.1) is 0 Å². The van der Waals surface area contributed by atoms with Crippen LogP contribution >= 0.6 is 23.1 Å². The molecule has 47 heavy (non-hydrogen) atoms. The van der Waals surface area contributed by atoms with Gasteiger partial charge in [0, 0.05) is 11.1 Å². The number of nitrogen functional groups attached to an aromatic ring is 1. The molecule has 0 amide bonds. The molecule has 0 radical (unpaired) electrons. The molecule has 0 aliphatic carbocycles. The maximum Gasteiger partial charge on any atom is 2.00 e. The minimum atomic E-state index is -4.54. The van der Waals surface area contributed by atoms with Crippen molar-refractivity contribution < 1.29 is 51.3 Å². The van der Waals surface area contributed by atoms with Crippen molar-refractivity contribution in [2.45, 2.75) is 25.7 Å². The average molecular weight is 720 g/mol. The Bertz CT molecular complexity index is 1920. The number of nitrogens with zero attached hydrogens (tertiary/aromatic N) is 2. The molecule has 2 aromatic heterocycles. The number of carbonyl (C=O) groups excluding carboxylic acids is 1. The number of hydrogen-bond acceptors (Lipinski definition) is 9. The van der Waals surface area contributed by atoms with Gasteiger partial charge in [0.1, 0.15) is 10.6 Å². The second-order valence-electron chi connectivity index (χ2n) is 9.45. The monoisotopic (exact) mass is 719 g/mol. The standard InChI is InChI=1S/C19H15F3N2O2S.C11H6F3NO3S.Ca/c1-2-10-6-7-13(11-4-3-5-12(9-11)19(20,21)22)14(8-10)16-15(23)17(18(25)26)27-24-16;12-11(13,14)6-3-1-2-5(4-6)7-8(16)9(10(17)18)19-15-7;/h3-9H,2,23H2,1H3,(H,25,26);1-4,16H,(H,17,18);/q;;+2/p-2. The van der Waals surface area contributed by atoms with Gasteiger partial charge in [-0.05, 0) is 76.5 Å². The number of aromatic nitrogens is 2. The molecule has 0 saturated heterocycles. The van der Waals surface area contributed by atoms with Gasteiger partial charge in [0.2, 0.25) is 0 Å². The Morgan fingerprint density at radius 2 is 1.34 bits per heavy atom. The van der Waals surface area contributed by atoms with Gasteiger partial charge in [-0.1, -0.05) is 49.1 Å². The van der Waals surface area contributed by atoms with E-state index in [1.54, 1.807) is 24.3 Å². The van der Waals surface area contributed by atoms with E-state index in [1.807, 2.05) is 6.92 Å². The summed E-state index contributed by atoms with van der Waals surface area (Å²) in [6.45, 7) is 1.93. The molecule has 0 aliphatic rings. The largest absolute Gasteiger partial charge is 2.00 e. The van der Waals surface area contributed by atoms with Gasteiger partial charge in [-0.3, -0.25) is 0 Å². The van der Waals surface area contributed by atoms with Crippen LogP contribution in [0.2, 0.25) is 0 Å². The second kappa shape index (κ2) is 15.0. The van der Waals surface area contributed by atoms with E-state index in [0.29, 0.717) is 46.2 Å². The molecule has 0 spiro atoms. The van der Waals surface area contributed by atoms with Crippen molar-refractivity contribution in [3.63, 3.8) is 0 Å². The summed E-state index contributed by atoms with van der Waals surface area (Å²) >= 11 is 1.14. The smallest absolute Gasteiger partial charge is 0.870 e. The van der Waals surface area contributed by atoms with E-state index in [1.165, 1.54) is 12.1 Å². The van der Waals surface area contributed by atoms with Crippen LogP contribution in [0.3, 0.4) is 0 Å². The number of carboxylic acids is 2. The van der Waals surface area contributed by atoms with Crippen molar-refractivity contribution in [1.82, 2.24) is 8.75 Å². The van der Waals surface area contributed by atoms with E-state index in [2.05, 4.69) is 8.75 Å². The Morgan fingerprint density at radius 1 is 0.809 bits per heavy atom. The number of nitrogens with two attached hydrogens (primary N) is 1. The molecule has 0 fully saturated rings. The zero-order valence-corrected chi connectivity index (χ0v) is 27.7. The number of aromatic carboxylic acids is 2. The van der Waals surface area contributed by atoms with Gasteiger partial charge >= 0.3 is 56.1 Å². The predicted octanol–water partition coefficient (Wildman–Crippen LogP) is 6.22. The van der Waals surface area contributed by atoms with E-state index < -0.39 is 46.0 Å². The summed E-state index contributed by atoms with van der Waals surface area (Å²) < 4.78 is 84.5. The van der Waals surface area contributed by atoms with Crippen LogP contribution in [-0.2, 0) is 18.8 Å². The van der Waals surface area contributed by atoms with Crippen LogP contribution in [-0.4, -0.2) is 63.5 Å². The van der Waals surface area contributed by atoms with Gasteiger partial charge in [0.15, 0.2) is 0 Å². The number of anilines is 1. The number of alkyl halides is 6. The minimum Gasteiger partial charge on any atom is -0.870 e. The Labute approximate surface area is 300 Å². The fourth-order valence-corrected chi connectivity index (χ4v) is 5.48. The molecule has 0 saturated carbocycles. The first-order chi connectivity index (χ1) is 21.5. The molecule has 0 bridgehead atoms. The first-order valence-electron chi connectivity index (χ1n) is 12.9. The molecular weight excluding hydrogens is 701 g/mol. The molecule has 5 aromatic rings. The Kier molecular flexibility index (Phi) is 12.1. The van der Waals surface area contributed by atoms with Crippen LogP contribution in [0.1, 0.15) is 43.0 Å². The van der Waals surface area contributed by atoms with Gasteiger partial charge in [-0.25, -0.2) is 4.79 Å². The first-order valence-corrected chi connectivity index (χ1v) is 14.4. The normalized spacial score (nSPS) is 11.3. The van der Waals surface area contributed by atoms with E-state index in [-0.39, 0.29) is 65.3 Å². The third-order valence-corrected chi connectivity index (χ3v) is 8.13. The molecule has 2 heterocycles. The number of benzene rings is 3. The van der Waals surface area contributed by atoms with Gasteiger partial charge in [0.05, 0.1) is 33.4 Å². The maximum absolute atomic E-state index is 13.1. The third-order valence-electron chi connectivity index (χ3n) is 6.47. The summed E-state index contributed by atoms with van der Waals surface area (Å²) in [7, 11) is 0. The second-order valence-corrected chi connectivity index (χ2v) is 11.0. The summed E-state index contributed by atoms with van der Waals surface area (Å²) in [4.78, 5) is 21.1. The molecule has 3 aromatic carbocycles. The SMILES string of the molecule is CCc1ccc(-c2cccc(C(F)(F)F)c2)c(-c2nsc(C(=O)[O-])c2N)c1.O=C(O)c1snc(-c2cccc(C(F)(F)F)c2)c1[O-].[Ca+2]. The molecular formula is C30H19CaF6N3O5S2. The van der Waals surface area contributed by atoms with Crippen LogP contribution in [0.5, 0.6) is 5.75 Å². The van der Waals surface area contributed by atoms with Crippen LogP contribution in [0.15, 0.2) is 66.7 Å². The molecule has 0 unspecified atom stereocenters. The number of aryl methyl sites for hydroxylation is 1. The van der Waals surface area contributed by atoms with E-state index in [9.17, 15) is 46.1 Å². The molecule has 5 rings (SSSR count). The van der Waals surface area contributed by atoms with Gasteiger partial charge in [-0.15, -0.1) is 0 Å². The van der Waals surface area contributed by atoms with E-state index in [4.69, 9.17) is 10.8 Å². The van der Waals surface area contributed by atoms with Crippen molar-refractivity contribution in [3.05, 3.63) is 93.2 Å². The van der Waals surface area contributed by atoms with Crippen molar-refractivity contribution in [3.8, 4) is 39.4 Å². The third kappa shape index (κ3) is 8.61. The summed E-state index contributed by atoms with van der Waals surface area (Å²) in [5.41, 5.74) is 6.29. The zero-order chi connectivity index (χ0) is 34.0. The molecule has 8 nitrogen and oxygen atoms in total. The number of hydrogen-bond donors (Lipinski definition) is 2. The van der Waals surface area contributed by atoms with Gasteiger partial charge in [-0.2, -0.15) is 35.1 Å². The first kappa shape index (κ1) is 37.8. The Hall–Kier alpha value is -3.70. The van der Waals surface area contributed by atoms with Gasteiger partial charge < -0.3 is 25.8 Å². The predicted molar refractivity (Wildman–Crippen MR) is 161 cm³/mol. The number of carboxylic acid groups (broad SMARTS) is 2. The van der Waals surface area contributed by atoms with Gasteiger partial charge in [0.25, 0.3) is 0 Å². The molecule has 0 atom stereocenters. The maximum atomic E-state index is 13.1. The fourth-order valence-electron chi connectivity index (χ4n) is 4.21. The number of halogens is 6. The van der Waals surface area contributed by atoms with Crippen molar-refractivity contribution in [1.29, 1.82) is 0 Å². The van der Waals surface area contributed by atoms with Crippen LogP contribution in [0.4, 0.5) is 32.0 Å². The number of rotatable bonds is 6. The minimum absolute atomic E-state index is 0. The molecule has 240 valence electrons. The fraction of sp³-hybridized carbons (Fsp3) is 0.133. The molecule has 3 N–H and O–H groups in total. The number of carbonyl (C=O) groups is 2. The molecule has 17 heteroatoms. The van der Waals surface area contributed by atoms with Crippen LogP contribution < -0.4 is 15.9 Å². The average Bonchev–Trinajstić information content (AvgIpc) is 3.59. The van der Waals surface area contributed by atoms with Crippen molar-refractivity contribution in [2.75, 3.05) is 5.73 Å². The summed E-state index contributed by atoms with van der Waals surface area (Å²) in [5.74, 6) is -3.76.